The third-order valence-electron chi connectivity index (χ3n) is 3.94. The minimum Gasteiger partial charge on any atom is -0.381 e. The predicted molar refractivity (Wildman–Crippen MR) is 62.1 cm³/mol. The van der Waals surface area contributed by atoms with Gasteiger partial charge in [0.05, 0.1) is 0 Å². The molecule has 2 heterocycles. The van der Waals surface area contributed by atoms with Gasteiger partial charge in [0.15, 0.2) is 0 Å². The molecule has 2 aliphatic heterocycles. The lowest BCUT2D eigenvalue weighted by Gasteiger charge is -2.40. The van der Waals surface area contributed by atoms with E-state index in [0.29, 0.717) is 6.04 Å². The van der Waals surface area contributed by atoms with Crippen molar-refractivity contribution in [1.82, 2.24) is 10.2 Å². The molecule has 0 radical (unpaired) electrons. The lowest BCUT2D eigenvalue weighted by molar-refractivity contribution is 0.0207. The molecule has 2 unspecified atom stereocenters. The Balaban J connectivity index is 1.85. The van der Waals surface area contributed by atoms with E-state index in [0.717, 1.165) is 25.3 Å². The van der Waals surface area contributed by atoms with E-state index in [1.807, 2.05) is 0 Å². The van der Waals surface area contributed by atoms with Crippen molar-refractivity contribution in [2.24, 2.45) is 0 Å². The molecule has 2 fully saturated rings. The molecule has 0 aromatic carbocycles. The van der Waals surface area contributed by atoms with Gasteiger partial charge in [0, 0.05) is 31.3 Å². The summed E-state index contributed by atoms with van der Waals surface area (Å²) in [5.41, 5.74) is 0. The molecule has 3 nitrogen and oxygen atoms in total. The van der Waals surface area contributed by atoms with Crippen molar-refractivity contribution in [3.05, 3.63) is 0 Å². The van der Waals surface area contributed by atoms with Gasteiger partial charge in [-0.2, -0.15) is 0 Å². The fourth-order valence-corrected chi connectivity index (χ4v) is 2.87. The quantitative estimate of drug-likeness (QED) is 0.745. The zero-order chi connectivity index (χ0) is 10.7. The topological polar surface area (TPSA) is 24.5 Å². The first-order chi connectivity index (χ1) is 7.27. The van der Waals surface area contributed by atoms with Crippen LogP contribution in [0.3, 0.4) is 0 Å². The lowest BCUT2D eigenvalue weighted by Crippen LogP contribution is -2.50. The zero-order valence-electron chi connectivity index (χ0n) is 10.0. The van der Waals surface area contributed by atoms with Crippen LogP contribution in [0.1, 0.15) is 32.6 Å². The maximum absolute atomic E-state index is 5.42. The van der Waals surface area contributed by atoms with Crippen molar-refractivity contribution in [2.75, 3.05) is 26.8 Å². The van der Waals surface area contributed by atoms with Gasteiger partial charge in [-0.1, -0.05) is 0 Å². The molecule has 88 valence electrons. The van der Waals surface area contributed by atoms with Gasteiger partial charge in [-0.25, -0.2) is 0 Å². The van der Waals surface area contributed by atoms with Gasteiger partial charge in [0.2, 0.25) is 0 Å². The summed E-state index contributed by atoms with van der Waals surface area (Å²) in [6, 6.07) is 2.23. The summed E-state index contributed by atoms with van der Waals surface area (Å²) < 4.78 is 5.42. The highest BCUT2D eigenvalue weighted by molar-refractivity contribution is 4.85. The molecule has 0 spiro atoms. The molecular formula is C12H24N2O. The van der Waals surface area contributed by atoms with Crippen LogP contribution in [0.15, 0.2) is 0 Å². The van der Waals surface area contributed by atoms with Crippen LogP contribution in [-0.2, 0) is 4.74 Å². The molecule has 1 N–H and O–H groups in total. The summed E-state index contributed by atoms with van der Waals surface area (Å²) in [6.07, 6.45) is 5.04. The Kier molecular flexibility index (Phi) is 4.00. The number of piperidine rings is 1. The SMILES string of the molecule is CC1CC(N(C)C2CCOCC2)CCN1. The van der Waals surface area contributed by atoms with E-state index in [-0.39, 0.29) is 0 Å². The summed E-state index contributed by atoms with van der Waals surface area (Å²) in [4.78, 5) is 2.61. The predicted octanol–water partition coefficient (Wildman–Crippen LogP) is 1.24. The highest BCUT2D eigenvalue weighted by Gasteiger charge is 2.27. The summed E-state index contributed by atoms with van der Waals surface area (Å²) in [5.74, 6) is 0. The molecular weight excluding hydrogens is 188 g/mol. The Hall–Kier alpha value is -0.120. The van der Waals surface area contributed by atoms with Crippen molar-refractivity contribution < 1.29 is 4.74 Å². The fourth-order valence-electron chi connectivity index (χ4n) is 2.87. The first-order valence-electron chi connectivity index (χ1n) is 6.30. The second kappa shape index (κ2) is 5.28. The number of nitrogens with zero attached hydrogens (tertiary/aromatic N) is 1. The normalized spacial score (nSPS) is 34.6. The summed E-state index contributed by atoms with van der Waals surface area (Å²) in [5, 5.41) is 3.52. The van der Waals surface area contributed by atoms with Gasteiger partial charge >= 0.3 is 0 Å². The van der Waals surface area contributed by atoms with Crippen LogP contribution in [0.4, 0.5) is 0 Å². The summed E-state index contributed by atoms with van der Waals surface area (Å²) >= 11 is 0. The fraction of sp³-hybridized carbons (Fsp3) is 1.00. The average Bonchev–Trinajstić information content (AvgIpc) is 2.29. The second-order valence-corrected chi connectivity index (χ2v) is 5.04. The average molecular weight is 212 g/mol. The zero-order valence-corrected chi connectivity index (χ0v) is 10.0. The molecule has 0 aromatic heterocycles. The Bertz CT molecular complexity index is 192. The van der Waals surface area contributed by atoms with Crippen molar-refractivity contribution in [3.63, 3.8) is 0 Å². The second-order valence-electron chi connectivity index (χ2n) is 5.04. The molecule has 2 saturated heterocycles. The summed E-state index contributed by atoms with van der Waals surface area (Å²) in [6.45, 7) is 5.38. The van der Waals surface area contributed by atoms with E-state index >= 15 is 0 Å². The molecule has 3 heteroatoms. The van der Waals surface area contributed by atoms with Crippen LogP contribution in [0.25, 0.3) is 0 Å². The Morgan fingerprint density at radius 3 is 2.53 bits per heavy atom. The van der Waals surface area contributed by atoms with E-state index in [9.17, 15) is 0 Å². The first kappa shape index (κ1) is 11.4. The number of rotatable bonds is 2. The van der Waals surface area contributed by atoms with E-state index < -0.39 is 0 Å². The molecule has 0 bridgehead atoms. The molecule has 0 aliphatic carbocycles. The maximum atomic E-state index is 5.42. The molecule has 0 saturated carbocycles. The van der Waals surface area contributed by atoms with Crippen LogP contribution in [0.5, 0.6) is 0 Å². The van der Waals surface area contributed by atoms with Crippen LogP contribution in [0.2, 0.25) is 0 Å². The molecule has 15 heavy (non-hydrogen) atoms. The maximum Gasteiger partial charge on any atom is 0.0480 e. The minimum absolute atomic E-state index is 0.686. The van der Waals surface area contributed by atoms with Crippen LogP contribution in [-0.4, -0.2) is 49.8 Å². The Morgan fingerprint density at radius 1 is 1.13 bits per heavy atom. The van der Waals surface area contributed by atoms with Gasteiger partial charge in [0.25, 0.3) is 0 Å². The third kappa shape index (κ3) is 2.92. The number of ether oxygens (including phenoxy) is 1. The van der Waals surface area contributed by atoms with Gasteiger partial charge < -0.3 is 15.0 Å². The summed E-state index contributed by atoms with van der Waals surface area (Å²) in [7, 11) is 2.30. The third-order valence-corrected chi connectivity index (χ3v) is 3.94. The molecule has 2 rings (SSSR count). The van der Waals surface area contributed by atoms with E-state index in [2.05, 4.69) is 24.2 Å². The van der Waals surface area contributed by atoms with Crippen LogP contribution >= 0.6 is 0 Å². The van der Waals surface area contributed by atoms with E-state index in [4.69, 9.17) is 4.74 Å². The molecule has 2 atom stereocenters. The van der Waals surface area contributed by atoms with Crippen LogP contribution < -0.4 is 5.32 Å². The Labute approximate surface area is 93.2 Å². The van der Waals surface area contributed by atoms with Crippen molar-refractivity contribution >= 4 is 0 Å². The van der Waals surface area contributed by atoms with E-state index in [1.165, 1.54) is 32.2 Å². The molecule has 0 aromatic rings. The van der Waals surface area contributed by atoms with Gasteiger partial charge in [0.1, 0.15) is 0 Å². The smallest absolute Gasteiger partial charge is 0.0480 e. The van der Waals surface area contributed by atoms with Crippen LogP contribution in [0, 0.1) is 0 Å². The highest BCUT2D eigenvalue weighted by Crippen LogP contribution is 2.21. The van der Waals surface area contributed by atoms with Crippen molar-refractivity contribution in [1.29, 1.82) is 0 Å². The van der Waals surface area contributed by atoms with E-state index in [1.54, 1.807) is 0 Å². The van der Waals surface area contributed by atoms with Gasteiger partial charge in [-0.3, -0.25) is 0 Å². The van der Waals surface area contributed by atoms with Gasteiger partial charge in [-0.15, -0.1) is 0 Å². The van der Waals surface area contributed by atoms with Gasteiger partial charge in [-0.05, 0) is 46.2 Å². The standard InChI is InChI=1S/C12H24N2O/c1-10-9-12(3-6-13-10)14(2)11-4-7-15-8-5-11/h10-13H,3-9H2,1-2H3. The van der Waals surface area contributed by atoms with Crippen molar-refractivity contribution in [2.45, 2.75) is 50.7 Å². The van der Waals surface area contributed by atoms with Crippen molar-refractivity contribution in [3.8, 4) is 0 Å². The molecule has 0 amide bonds. The number of nitrogens with one attached hydrogen (secondary N) is 1. The Morgan fingerprint density at radius 2 is 1.87 bits per heavy atom. The first-order valence-corrected chi connectivity index (χ1v) is 6.30. The number of hydrogen-bond donors (Lipinski definition) is 1. The largest absolute Gasteiger partial charge is 0.381 e. The minimum atomic E-state index is 0.686. The monoisotopic (exact) mass is 212 g/mol. The number of hydrogen-bond acceptors (Lipinski definition) is 3. The lowest BCUT2D eigenvalue weighted by atomic mass is 9.96. The molecule has 2 aliphatic rings. The highest BCUT2D eigenvalue weighted by atomic mass is 16.5.